The summed E-state index contributed by atoms with van der Waals surface area (Å²) in [7, 11) is 0. The number of carbonyl (C=O) groups is 2. The van der Waals surface area contributed by atoms with Gasteiger partial charge in [0.1, 0.15) is 17.2 Å². The molecule has 2 aliphatic rings. The smallest absolute Gasteiger partial charge is 0.198 e. The number of ketones is 2. The molecule has 1 saturated carbocycles. The molecule has 0 amide bonds. The highest BCUT2D eigenvalue weighted by Crippen LogP contribution is 2.46. The Bertz CT molecular complexity index is 1810. The van der Waals surface area contributed by atoms with Gasteiger partial charge in [-0.25, -0.2) is 0 Å². The lowest BCUT2D eigenvalue weighted by Gasteiger charge is -2.29. The van der Waals surface area contributed by atoms with Crippen LogP contribution in [0.2, 0.25) is 5.02 Å². The minimum atomic E-state index is -0.510. The largest absolute Gasteiger partial charge is 0.507 e. The summed E-state index contributed by atoms with van der Waals surface area (Å²) in [5, 5.41) is 23.3. The summed E-state index contributed by atoms with van der Waals surface area (Å²) in [6.45, 7) is 6.78. The minimum absolute atomic E-state index is 0.0323. The van der Waals surface area contributed by atoms with Crippen molar-refractivity contribution in [2.45, 2.75) is 90.9 Å². The highest BCUT2D eigenvalue weighted by atomic mass is 35.5. The van der Waals surface area contributed by atoms with Crippen molar-refractivity contribution in [2.75, 3.05) is 6.61 Å². The fourth-order valence-corrected chi connectivity index (χ4v) is 7.87. The van der Waals surface area contributed by atoms with E-state index >= 15 is 0 Å². The summed E-state index contributed by atoms with van der Waals surface area (Å²) in [5.74, 6) is 0.465. The summed E-state index contributed by atoms with van der Waals surface area (Å²) >= 11 is 6.58. The van der Waals surface area contributed by atoms with E-state index in [2.05, 4.69) is 26.0 Å². The Balaban J connectivity index is 1.24. The first-order valence-electron chi connectivity index (χ1n) is 17.6. The molecule has 0 bridgehead atoms. The molecule has 0 heterocycles. The summed E-state index contributed by atoms with van der Waals surface area (Å²) in [5.41, 5.74) is 4.41. The predicted molar refractivity (Wildman–Crippen MR) is 193 cm³/mol. The van der Waals surface area contributed by atoms with E-state index in [4.69, 9.17) is 16.3 Å². The molecule has 5 nitrogen and oxygen atoms in total. The predicted octanol–water partition coefficient (Wildman–Crippen LogP) is 11.2. The average molecular weight is 665 g/mol. The Morgan fingerprint density at radius 2 is 1.27 bits per heavy atom. The number of rotatable bonds is 11. The second kappa shape index (κ2) is 14.6. The fraction of sp³-hybridized carbons (Fsp3) is 0.381. The second-order valence-corrected chi connectivity index (χ2v) is 14.0. The van der Waals surface area contributed by atoms with E-state index in [1.165, 1.54) is 56.9 Å². The first-order valence-corrected chi connectivity index (χ1v) is 18.0. The van der Waals surface area contributed by atoms with E-state index in [9.17, 15) is 19.8 Å². The molecule has 0 atom stereocenters. The third-order valence-electron chi connectivity index (χ3n) is 10.3. The van der Waals surface area contributed by atoms with Crippen molar-refractivity contribution in [3.63, 3.8) is 0 Å². The number of carbonyl (C=O) groups excluding carboxylic acids is 2. The lowest BCUT2D eigenvalue weighted by molar-refractivity contribution is 0.0974. The summed E-state index contributed by atoms with van der Waals surface area (Å²) in [6, 6.07) is 18.2. The molecule has 0 unspecified atom stereocenters. The van der Waals surface area contributed by atoms with Gasteiger partial charge in [0.15, 0.2) is 11.6 Å². The van der Waals surface area contributed by atoms with Crippen molar-refractivity contribution in [1.29, 1.82) is 0 Å². The summed E-state index contributed by atoms with van der Waals surface area (Å²) in [6.07, 6.45) is 12.2. The number of halogens is 1. The zero-order valence-electron chi connectivity index (χ0n) is 28.2. The zero-order valence-corrected chi connectivity index (χ0v) is 29.0. The van der Waals surface area contributed by atoms with E-state index in [1.54, 1.807) is 30.3 Å². The number of fused-ring (bicyclic) bond motifs is 2. The van der Waals surface area contributed by atoms with Crippen molar-refractivity contribution in [3.05, 3.63) is 99.1 Å². The van der Waals surface area contributed by atoms with Crippen molar-refractivity contribution < 1.29 is 24.5 Å². The van der Waals surface area contributed by atoms with E-state index < -0.39 is 11.6 Å². The number of unbranched alkanes of at least 4 members (excludes halogenated alkanes) is 3. The molecule has 0 radical (unpaired) electrons. The molecule has 4 aromatic rings. The lowest BCUT2D eigenvalue weighted by Crippen LogP contribution is -2.21. The topological polar surface area (TPSA) is 83.8 Å². The second-order valence-electron chi connectivity index (χ2n) is 13.6. The average Bonchev–Trinajstić information content (AvgIpc) is 3.08. The van der Waals surface area contributed by atoms with Crippen LogP contribution in [-0.2, 0) is 0 Å². The minimum Gasteiger partial charge on any atom is -0.507 e. The molecule has 2 aliphatic carbocycles. The highest BCUT2D eigenvalue weighted by Gasteiger charge is 2.36. The molecule has 0 spiro atoms. The van der Waals surface area contributed by atoms with Gasteiger partial charge in [0.25, 0.3) is 0 Å². The normalized spacial score (nSPS) is 17.2. The van der Waals surface area contributed by atoms with Gasteiger partial charge in [-0.2, -0.15) is 0 Å². The van der Waals surface area contributed by atoms with Crippen LogP contribution < -0.4 is 4.74 Å². The highest BCUT2D eigenvalue weighted by molar-refractivity contribution is 6.33. The number of phenols is 2. The van der Waals surface area contributed by atoms with Gasteiger partial charge in [0, 0.05) is 22.3 Å². The SMILES string of the molecule is CCCCCC1CCC(c2ccc(-c3ccc4c(c3O)C(=O)c3ccc(-c5cc(C)c(OCCCC)c(Cl)c5)c(O)c3C4=O)cc2)CC1. The van der Waals surface area contributed by atoms with Crippen LogP contribution >= 0.6 is 11.6 Å². The Kier molecular flexibility index (Phi) is 10.3. The third kappa shape index (κ3) is 6.50. The van der Waals surface area contributed by atoms with E-state index in [0.717, 1.165) is 29.9 Å². The van der Waals surface area contributed by atoms with Gasteiger partial charge in [-0.15, -0.1) is 0 Å². The van der Waals surface area contributed by atoms with Crippen LogP contribution in [0.5, 0.6) is 17.2 Å². The summed E-state index contributed by atoms with van der Waals surface area (Å²) < 4.78 is 5.88. The fourth-order valence-electron chi connectivity index (χ4n) is 7.55. The molecular formula is C42H45ClO5. The van der Waals surface area contributed by atoms with Gasteiger partial charge in [0.2, 0.25) is 0 Å². The Hall–Kier alpha value is -4.09. The monoisotopic (exact) mass is 664 g/mol. The van der Waals surface area contributed by atoms with Crippen molar-refractivity contribution in [1.82, 2.24) is 0 Å². The van der Waals surface area contributed by atoms with Crippen LogP contribution in [-0.4, -0.2) is 28.4 Å². The summed E-state index contributed by atoms with van der Waals surface area (Å²) in [4.78, 5) is 27.7. The van der Waals surface area contributed by atoms with Gasteiger partial charge >= 0.3 is 0 Å². The Morgan fingerprint density at radius 1 is 0.708 bits per heavy atom. The van der Waals surface area contributed by atoms with Crippen LogP contribution in [0.4, 0.5) is 0 Å². The Morgan fingerprint density at radius 3 is 1.83 bits per heavy atom. The van der Waals surface area contributed by atoms with Crippen LogP contribution in [0.1, 0.15) is 127 Å². The molecule has 250 valence electrons. The zero-order chi connectivity index (χ0) is 33.9. The molecule has 48 heavy (non-hydrogen) atoms. The van der Waals surface area contributed by atoms with Crippen LogP contribution in [0.15, 0.2) is 60.7 Å². The standard InChI is InChI=1S/C42H45ClO5/c1-4-6-8-9-26-10-12-27(13-11-26)28-14-16-29(17-15-28)31-18-20-33-36(38(31)44)40(46)34-21-19-32(39(45)37(34)41(33)47)30-23-25(3)42(35(43)24-30)48-22-7-5-2/h14-21,23-24,26-27,44-45H,4-13,22H2,1-3H3. The number of aryl methyl sites for hydroxylation is 1. The van der Waals surface area contributed by atoms with Crippen molar-refractivity contribution in [2.24, 2.45) is 5.92 Å². The van der Waals surface area contributed by atoms with Gasteiger partial charge in [-0.1, -0.05) is 81.8 Å². The maximum Gasteiger partial charge on any atom is 0.198 e. The number of phenolic OH excluding ortho intramolecular Hbond substituents is 2. The Labute approximate surface area is 288 Å². The number of hydrogen-bond acceptors (Lipinski definition) is 5. The molecular weight excluding hydrogens is 620 g/mol. The molecule has 0 aliphatic heterocycles. The van der Waals surface area contributed by atoms with E-state index in [0.29, 0.717) is 40.0 Å². The molecule has 6 rings (SSSR count). The van der Waals surface area contributed by atoms with Crippen LogP contribution in [0.3, 0.4) is 0 Å². The third-order valence-corrected chi connectivity index (χ3v) is 10.6. The lowest BCUT2D eigenvalue weighted by atomic mass is 9.76. The number of hydrogen-bond donors (Lipinski definition) is 2. The van der Waals surface area contributed by atoms with E-state index in [1.807, 2.05) is 25.1 Å². The maximum atomic E-state index is 13.8. The van der Waals surface area contributed by atoms with Gasteiger partial charge in [0.05, 0.1) is 22.8 Å². The van der Waals surface area contributed by atoms with Crippen LogP contribution in [0.25, 0.3) is 22.3 Å². The molecule has 4 aromatic carbocycles. The van der Waals surface area contributed by atoms with Crippen LogP contribution in [0, 0.1) is 12.8 Å². The van der Waals surface area contributed by atoms with E-state index in [-0.39, 0.29) is 33.8 Å². The number of aromatic hydroxyl groups is 2. The maximum absolute atomic E-state index is 13.8. The molecule has 2 N–H and O–H groups in total. The molecule has 6 heteroatoms. The molecule has 1 fully saturated rings. The molecule has 0 aromatic heterocycles. The van der Waals surface area contributed by atoms with Gasteiger partial charge < -0.3 is 14.9 Å². The number of ether oxygens (including phenoxy) is 1. The number of benzene rings is 4. The first kappa shape index (κ1) is 33.8. The molecule has 0 saturated heterocycles. The first-order chi connectivity index (χ1) is 23.2. The van der Waals surface area contributed by atoms with Crippen molar-refractivity contribution >= 4 is 23.2 Å². The quantitative estimate of drug-likeness (QED) is 0.137. The van der Waals surface area contributed by atoms with Gasteiger partial charge in [-0.05, 0) is 110 Å². The van der Waals surface area contributed by atoms with Crippen molar-refractivity contribution in [3.8, 4) is 39.5 Å². The van der Waals surface area contributed by atoms with Gasteiger partial charge in [-0.3, -0.25) is 9.59 Å².